The first-order valence-electron chi connectivity index (χ1n) is 16.9. The Labute approximate surface area is 305 Å². The van der Waals surface area contributed by atoms with Crippen LogP contribution in [0.4, 0.5) is 5.82 Å². The fraction of sp³-hybridized carbons (Fsp3) is 0.378. The second-order valence-corrected chi connectivity index (χ2v) is 16.3. The van der Waals surface area contributed by atoms with Crippen LogP contribution in [0.15, 0.2) is 97.6 Å². The molecule has 1 N–H and O–H groups in total. The summed E-state index contributed by atoms with van der Waals surface area (Å²) in [6.07, 6.45) is 3.33. The van der Waals surface area contributed by atoms with Crippen molar-refractivity contribution in [3.63, 3.8) is 0 Å². The van der Waals surface area contributed by atoms with E-state index in [0.29, 0.717) is 17.0 Å². The SMILES string of the molecule is COc1ccc(C(Nc2ncnc3c2ncn3C(CCOCP(=O)(OC(C)C)OC(C)C)COS(C)(=O)=O)(c2ccccc2)c2ccccc2)cc1. The Kier molecular flexibility index (Phi) is 12.8. The van der Waals surface area contributed by atoms with Crippen LogP contribution in [0.3, 0.4) is 0 Å². The van der Waals surface area contributed by atoms with Crippen LogP contribution in [-0.4, -0.2) is 73.1 Å². The first-order chi connectivity index (χ1) is 24.8. The summed E-state index contributed by atoms with van der Waals surface area (Å²) in [5.74, 6) is 1.17. The molecule has 5 aromatic rings. The van der Waals surface area contributed by atoms with Gasteiger partial charge in [-0.3, -0.25) is 8.75 Å². The zero-order chi connectivity index (χ0) is 37.4. The van der Waals surface area contributed by atoms with E-state index in [1.807, 2.05) is 60.7 Å². The van der Waals surface area contributed by atoms with Crippen LogP contribution in [0.1, 0.15) is 56.8 Å². The third-order valence-corrected chi connectivity index (χ3v) is 10.6. The number of hydrogen-bond donors (Lipinski definition) is 1. The number of benzene rings is 3. The summed E-state index contributed by atoms with van der Waals surface area (Å²) in [6, 6.07) is 27.4. The Morgan fingerprint density at radius 3 is 1.94 bits per heavy atom. The number of aromatic nitrogens is 4. The Bertz CT molecular complexity index is 1990. The monoisotopic (exact) mass is 751 g/mol. The molecule has 52 heavy (non-hydrogen) atoms. The number of ether oxygens (including phenoxy) is 2. The van der Waals surface area contributed by atoms with Crippen molar-refractivity contribution in [1.82, 2.24) is 19.5 Å². The van der Waals surface area contributed by atoms with Gasteiger partial charge < -0.3 is 28.4 Å². The second kappa shape index (κ2) is 17.1. The Balaban J connectivity index is 1.53. The van der Waals surface area contributed by atoms with Crippen LogP contribution >= 0.6 is 7.60 Å². The predicted octanol–water partition coefficient (Wildman–Crippen LogP) is 7.16. The summed E-state index contributed by atoms with van der Waals surface area (Å²) >= 11 is 0. The van der Waals surface area contributed by atoms with Crippen molar-refractivity contribution in [2.75, 3.05) is 38.2 Å². The molecule has 0 aliphatic heterocycles. The van der Waals surface area contributed by atoms with Crippen molar-refractivity contribution < 1.29 is 35.7 Å². The maximum atomic E-state index is 13.3. The van der Waals surface area contributed by atoms with E-state index in [4.69, 9.17) is 27.7 Å². The normalized spacial score (nSPS) is 13.2. The van der Waals surface area contributed by atoms with Gasteiger partial charge in [-0.1, -0.05) is 72.8 Å². The number of nitrogens with zero attached hydrogens (tertiary/aromatic N) is 4. The van der Waals surface area contributed by atoms with Crippen LogP contribution in [0.25, 0.3) is 11.2 Å². The van der Waals surface area contributed by atoms with Crippen LogP contribution in [0.2, 0.25) is 0 Å². The van der Waals surface area contributed by atoms with E-state index in [1.165, 1.54) is 6.33 Å². The van der Waals surface area contributed by atoms with Gasteiger partial charge in [-0.25, -0.2) is 15.0 Å². The predicted molar refractivity (Wildman–Crippen MR) is 200 cm³/mol. The minimum absolute atomic E-state index is 0.0865. The Morgan fingerprint density at radius 2 is 1.40 bits per heavy atom. The molecule has 0 spiro atoms. The molecule has 13 nitrogen and oxygen atoms in total. The summed E-state index contributed by atoms with van der Waals surface area (Å²) in [5, 5.41) is 3.75. The van der Waals surface area contributed by atoms with Crippen molar-refractivity contribution in [1.29, 1.82) is 0 Å². The van der Waals surface area contributed by atoms with Gasteiger partial charge in [0.05, 0.1) is 44.5 Å². The van der Waals surface area contributed by atoms with E-state index in [9.17, 15) is 13.0 Å². The molecule has 0 saturated carbocycles. The minimum atomic E-state index is -3.79. The van der Waals surface area contributed by atoms with Gasteiger partial charge in [0.25, 0.3) is 10.1 Å². The largest absolute Gasteiger partial charge is 0.497 e. The average molecular weight is 752 g/mol. The topological polar surface area (TPSA) is 153 Å². The highest BCUT2D eigenvalue weighted by molar-refractivity contribution is 7.85. The minimum Gasteiger partial charge on any atom is -0.497 e. The third kappa shape index (κ3) is 9.62. The highest BCUT2D eigenvalue weighted by Gasteiger charge is 2.38. The molecular formula is C37H46N5O8PS. The van der Waals surface area contributed by atoms with Crippen molar-refractivity contribution in [3.8, 4) is 5.75 Å². The van der Waals surface area contributed by atoms with Gasteiger partial charge in [0.1, 0.15) is 29.5 Å². The standard InChI is InChI=1S/C37H46N5O8PS/c1-27(2)49-51(43,50-28(3)4)26-47-22-21-32(23-48-52(6,44)45)42-25-40-34-35(38-24-39-36(34)42)41-37(29-13-9-7-10-14-29,30-15-11-8-12-16-30)31-17-19-33(46-5)20-18-31/h7-20,24-25,27-28,32H,21-23,26H2,1-6H3,(H,38,39,41). The first kappa shape index (κ1) is 39.0. The molecule has 5 rings (SSSR count). The van der Waals surface area contributed by atoms with Crippen molar-refractivity contribution in [3.05, 3.63) is 114 Å². The molecule has 3 aromatic carbocycles. The van der Waals surface area contributed by atoms with E-state index >= 15 is 0 Å². The lowest BCUT2D eigenvalue weighted by atomic mass is 9.77. The summed E-state index contributed by atoms with van der Waals surface area (Å²) in [6.45, 7) is 6.95. The molecule has 2 heterocycles. The molecule has 1 unspecified atom stereocenters. The quantitative estimate of drug-likeness (QED) is 0.0394. The molecular weight excluding hydrogens is 705 g/mol. The summed E-state index contributed by atoms with van der Waals surface area (Å²) in [7, 11) is -5.70. The second-order valence-electron chi connectivity index (χ2n) is 12.8. The van der Waals surface area contributed by atoms with Gasteiger partial charge in [0, 0.05) is 6.61 Å². The van der Waals surface area contributed by atoms with Gasteiger partial charge in [-0.05, 0) is 62.9 Å². The molecule has 0 bridgehead atoms. The number of fused-ring (bicyclic) bond motifs is 1. The van der Waals surface area contributed by atoms with E-state index in [1.54, 1.807) is 45.7 Å². The molecule has 0 aliphatic carbocycles. The van der Waals surface area contributed by atoms with Gasteiger partial charge in [0.15, 0.2) is 11.5 Å². The summed E-state index contributed by atoms with van der Waals surface area (Å²) in [5.41, 5.74) is 2.80. The summed E-state index contributed by atoms with van der Waals surface area (Å²) in [4.78, 5) is 14.0. The molecule has 0 saturated heterocycles. The number of imidazole rings is 1. The fourth-order valence-electron chi connectivity index (χ4n) is 5.95. The van der Waals surface area contributed by atoms with Gasteiger partial charge >= 0.3 is 7.60 Å². The molecule has 0 amide bonds. The maximum absolute atomic E-state index is 13.3. The molecule has 0 fully saturated rings. The van der Waals surface area contributed by atoms with Crippen LogP contribution < -0.4 is 10.1 Å². The van der Waals surface area contributed by atoms with E-state index in [0.717, 1.165) is 28.7 Å². The highest BCUT2D eigenvalue weighted by Crippen LogP contribution is 2.50. The van der Waals surface area contributed by atoms with Gasteiger partial charge in [0.2, 0.25) is 0 Å². The summed E-state index contributed by atoms with van der Waals surface area (Å²) < 4.78 is 67.0. The van der Waals surface area contributed by atoms with Gasteiger partial charge in [-0.2, -0.15) is 8.42 Å². The molecule has 1 atom stereocenters. The van der Waals surface area contributed by atoms with Crippen molar-refractivity contribution in [2.45, 2.75) is 57.9 Å². The number of nitrogens with one attached hydrogen (secondary N) is 1. The molecule has 15 heteroatoms. The lowest BCUT2D eigenvalue weighted by molar-refractivity contribution is 0.0911. The van der Waals surface area contributed by atoms with Crippen LogP contribution in [-0.2, 0) is 38.2 Å². The number of hydrogen-bond acceptors (Lipinski definition) is 12. The zero-order valence-electron chi connectivity index (χ0n) is 30.2. The van der Waals surface area contributed by atoms with Crippen molar-refractivity contribution >= 4 is 34.7 Å². The molecule has 0 aliphatic rings. The van der Waals surface area contributed by atoms with Crippen LogP contribution in [0, 0.1) is 0 Å². The highest BCUT2D eigenvalue weighted by atomic mass is 32.2. The Morgan fingerprint density at radius 1 is 0.827 bits per heavy atom. The average Bonchev–Trinajstić information content (AvgIpc) is 3.55. The maximum Gasteiger partial charge on any atom is 0.356 e. The number of rotatable bonds is 19. The number of anilines is 1. The van der Waals surface area contributed by atoms with Crippen molar-refractivity contribution in [2.24, 2.45) is 0 Å². The van der Waals surface area contributed by atoms with Gasteiger partial charge in [-0.15, -0.1) is 0 Å². The lowest BCUT2D eigenvalue weighted by Gasteiger charge is -2.37. The Hall–Kier alpha value is -4.17. The van der Waals surface area contributed by atoms with Crippen LogP contribution in [0.5, 0.6) is 5.75 Å². The van der Waals surface area contributed by atoms with E-state index in [-0.39, 0.29) is 38.2 Å². The fourth-order valence-corrected chi connectivity index (χ4v) is 8.16. The zero-order valence-corrected chi connectivity index (χ0v) is 31.9. The van der Waals surface area contributed by atoms with E-state index in [2.05, 4.69) is 39.6 Å². The molecule has 278 valence electrons. The molecule has 2 aromatic heterocycles. The first-order valence-corrected chi connectivity index (χ1v) is 20.5. The lowest BCUT2D eigenvalue weighted by Crippen LogP contribution is -2.38. The third-order valence-electron chi connectivity index (χ3n) is 8.06. The number of methoxy groups -OCH3 is 1. The van der Waals surface area contributed by atoms with E-state index < -0.39 is 29.3 Å². The smallest absolute Gasteiger partial charge is 0.356 e. The molecule has 0 radical (unpaired) electrons.